The smallest absolute Gasteiger partial charge is 0.329 e. The topological polar surface area (TPSA) is 378 Å². The van der Waals surface area contributed by atoms with Crippen molar-refractivity contribution < 1.29 is 101 Å². The maximum atomic E-state index is 14.7. The standard InChI is InChI=1S/C92H133N9O21/c1-59-18-12-11-13-19-60(2)78(111-8)52-73-28-24-65(7)92(110,122-73)87(107)90(108)100-32-15-14-23-75(100)91(109)121-79(62(4)48-66-26-29-76(103)80(50-66)112-9)53-77(104)61(3)47-64(6)85(106)86(113-10)83(63(5)46-59)98-120-57-72(102)21-17-34-114-36-38-116-40-42-118-44-45-119-43-41-117-39-37-115-35-31-81(105)99-33-30-68-49-67(25-27-70(68)56-99)55-101-89-82(88(93)95-58-96-89)84(97-101)71-51-69-20-16-22-74(69)94-54-71/h11-13,16,18-20,25,27,47,49,51,54,58-59,61-63,65-66,73,75-80,85-86,103-104,106,110H,14-15,17,21-24,26,28-46,48,50,52-53,55-57H2,1-10H3,(H2,93,95,96)/b13-11+,18-12+,60-19+,64-47+,98-83?/t59-,61-,62-,63-,65-,66+,73+,75+,76-,77-,78+,79+,80-,85-,86+,92-/m1/s1. The van der Waals surface area contributed by atoms with E-state index in [9.17, 15) is 44.4 Å². The molecular formula is C92H133N9O21. The van der Waals surface area contributed by atoms with E-state index >= 15 is 0 Å². The van der Waals surface area contributed by atoms with Crippen molar-refractivity contribution >= 4 is 58.0 Å². The van der Waals surface area contributed by atoms with Crippen LogP contribution in [0, 0.1) is 35.5 Å². The number of aromatic nitrogens is 5. The molecule has 2 bridgehead atoms. The number of methoxy groups -OCH3 is 3. The number of benzene rings is 1. The van der Waals surface area contributed by atoms with Crippen LogP contribution in [-0.2, 0) is 107 Å². The number of rotatable bonds is 34. The molecule has 2 amide bonds. The Morgan fingerprint density at radius 3 is 2.18 bits per heavy atom. The van der Waals surface area contributed by atoms with Crippen LogP contribution < -0.4 is 5.73 Å². The van der Waals surface area contributed by atoms with Crippen LogP contribution >= 0.6 is 0 Å². The molecule has 7 heterocycles. The number of esters is 1. The predicted molar refractivity (Wildman–Crippen MR) is 459 cm³/mol. The second kappa shape index (κ2) is 48.5. The Hall–Kier alpha value is -7.92. The van der Waals surface area contributed by atoms with Crippen molar-refractivity contribution in [1.29, 1.82) is 0 Å². The fraction of sp³-hybridized carbons (Fsp3) is 0.652. The highest BCUT2D eigenvalue weighted by atomic mass is 16.6. The maximum Gasteiger partial charge on any atom is 0.329 e. The highest BCUT2D eigenvalue weighted by molar-refractivity contribution is 6.39. The van der Waals surface area contributed by atoms with E-state index in [-0.39, 0.29) is 86.7 Å². The number of fused-ring (bicyclic) bond motifs is 6. The van der Waals surface area contributed by atoms with Gasteiger partial charge in [-0.3, -0.25) is 24.2 Å². The van der Waals surface area contributed by atoms with Gasteiger partial charge < -0.3 is 92.9 Å². The molecule has 4 aliphatic heterocycles. The molecule has 672 valence electrons. The van der Waals surface area contributed by atoms with Crippen LogP contribution in [-0.4, -0.2) is 271 Å². The number of cyclic esters (lactones) is 1. The minimum Gasteiger partial charge on any atom is -0.460 e. The molecule has 4 aromatic rings. The van der Waals surface area contributed by atoms with E-state index in [2.05, 4.69) is 63.4 Å². The molecule has 122 heavy (non-hydrogen) atoms. The van der Waals surface area contributed by atoms with E-state index in [4.69, 9.17) is 67.8 Å². The van der Waals surface area contributed by atoms with Gasteiger partial charge in [0.05, 0.1) is 133 Å². The minimum atomic E-state index is -2.46. The number of hydrogen-bond acceptors (Lipinski definition) is 27. The number of aliphatic hydroxyl groups is 4. The van der Waals surface area contributed by atoms with Gasteiger partial charge in [0, 0.05) is 103 Å². The van der Waals surface area contributed by atoms with Gasteiger partial charge in [-0.05, 0) is 148 Å². The molecule has 0 spiro atoms. The summed E-state index contributed by atoms with van der Waals surface area (Å²) in [5.74, 6) is -7.08. The zero-order valence-corrected chi connectivity index (χ0v) is 73.2. The monoisotopic (exact) mass is 1700 g/mol. The average molecular weight is 1700 g/mol. The summed E-state index contributed by atoms with van der Waals surface area (Å²) in [5, 5.41) is 57.5. The molecule has 0 unspecified atom stereocenters. The number of oxime groups is 1. The van der Waals surface area contributed by atoms with Crippen LogP contribution in [0.2, 0.25) is 0 Å². The molecule has 6 N–H and O–H groups in total. The molecule has 16 atom stereocenters. The molecule has 6 aliphatic rings. The third-order valence-electron chi connectivity index (χ3n) is 24.6. The molecule has 10 rings (SSSR count). The number of aliphatic hydroxyl groups excluding tert-OH is 3. The van der Waals surface area contributed by atoms with E-state index in [1.807, 2.05) is 66.9 Å². The summed E-state index contributed by atoms with van der Waals surface area (Å²) in [6.07, 6.45) is 20.4. The SMILES string of the molecule is CO[C@H]1C[C@@H]2CC[C@@H](C)[C@@](O)(O2)C(=O)C(=O)N2CCCC[C@H]2C(=O)O[C@H]([C@H](C)C[C@@H]2CC[C@@H](O)[C@H](OC)C2)C[C@@H](O)[C@H](C)/C=C(\C)[C@@H](O)[C@@H](OC)C(=NOCC(=O)CCCOCCOCCOCCOCCOCCOCCC(=O)N2CCc3cc(Cn4nc(-c5cnc6c(c5)C=CC6)c5c(N)ncnc54)ccc3C2)[C@H](C)C[C@H](C)/C=C/C=C/C=C/1C. The van der Waals surface area contributed by atoms with E-state index in [0.29, 0.717) is 197 Å². The predicted octanol–water partition coefficient (Wildman–Crippen LogP) is 9.60. The first-order valence-corrected chi connectivity index (χ1v) is 43.9. The molecule has 3 aromatic heterocycles. The summed E-state index contributed by atoms with van der Waals surface area (Å²) in [6, 6.07) is 7.30. The minimum absolute atomic E-state index is 0.0208. The van der Waals surface area contributed by atoms with Crippen molar-refractivity contribution in [3.8, 4) is 11.3 Å². The Balaban J connectivity index is 0.621. The van der Waals surface area contributed by atoms with Gasteiger partial charge in [-0.25, -0.2) is 19.4 Å². The van der Waals surface area contributed by atoms with Gasteiger partial charge in [0.25, 0.3) is 11.7 Å². The summed E-state index contributed by atoms with van der Waals surface area (Å²) in [6.45, 7) is 18.8. The largest absolute Gasteiger partial charge is 0.460 e. The molecule has 0 radical (unpaired) electrons. The number of nitrogens with zero attached hydrogens (tertiary/aromatic N) is 8. The lowest BCUT2D eigenvalue weighted by molar-refractivity contribution is -0.265. The zero-order chi connectivity index (χ0) is 87.2. The van der Waals surface area contributed by atoms with Crippen molar-refractivity contribution in [1.82, 2.24) is 34.5 Å². The Labute approximate surface area is 718 Å². The van der Waals surface area contributed by atoms with Crippen LogP contribution in [0.5, 0.6) is 0 Å². The van der Waals surface area contributed by atoms with E-state index in [1.165, 1.54) is 23.9 Å². The summed E-state index contributed by atoms with van der Waals surface area (Å²) >= 11 is 0. The van der Waals surface area contributed by atoms with Crippen molar-refractivity contribution in [2.45, 2.75) is 231 Å². The molecule has 1 saturated carbocycles. The summed E-state index contributed by atoms with van der Waals surface area (Å²) in [7, 11) is 4.62. The molecule has 1 aromatic carbocycles. The summed E-state index contributed by atoms with van der Waals surface area (Å²) in [4.78, 5) is 92.6. The number of pyridine rings is 1. The van der Waals surface area contributed by atoms with Crippen LogP contribution in [0.15, 0.2) is 95.6 Å². The lowest BCUT2D eigenvalue weighted by Gasteiger charge is -2.43. The molecule has 2 saturated heterocycles. The molecule has 30 heteroatoms. The molecule has 30 nitrogen and oxygen atoms in total. The Kier molecular flexibility index (Phi) is 38.3. The van der Waals surface area contributed by atoms with Crippen molar-refractivity contribution in [3.63, 3.8) is 0 Å². The first-order valence-electron chi connectivity index (χ1n) is 43.9. The number of ketones is 2. The van der Waals surface area contributed by atoms with E-state index < -0.39 is 84.1 Å². The lowest BCUT2D eigenvalue weighted by atomic mass is 9.78. The maximum absolute atomic E-state index is 14.7. The average Bonchev–Trinajstić information content (AvgIpc) is 1.60. The van der Waals surface area contributed by atoms with Gasteiger partial charge in [-0.1, -0.05) is 107 Å². The van der Waals surface area contributed by atoms with Crippen LogP contribution in [0.4, 0.5) is 5.82 Å². The van der Waals surface area contributed by atoms with E-state index in [1.54, 1.807) is 41.1 Å². The van der Waals surface area contributed by atoms with Gasteiger partial charge >= 0.3 is 5.97 Å². The molecule has 2 aliphatic carbocycles. The number of carbonyl (C=O) groups is 5. The Bertz CT molecular complexity index is 4240. The van der Waals surface area contributed by atoms with E-state index in [0.717, 1.165) is 46.4 Å². The summed E-state index contributed by atoms with van der Waals surface area (Å²) in [5.41, 5.74) is 15.8. The van der Waals surface area contributed by atoms with Crippen LogP contribution in [0.3, 0.4) is 0 Å². The van der Waals surface area contributed by atoms with Crippen molar-refractivity contribution in [2.24, 2.45) is 40.7 Å². The van der Waals surface area contributed by atoms with Crippen LogP contribution in [0.1, 0.15) is 173 Å². The second-order valence-corrected chi connectivity index (χ2v) is 33.7. The number of anilines is 1. The number of amides is 2. The van der Waals surface area contributed by atoms with Gasteiger partial charge in [0.2, 0.25) is 11.7 Å². The number of Topliss-reactive ketones (excluding diaryl/α,β-unsaturated/α-hetero) is 2. The van der Waals surface area contributed by atoms with Gasteiger partial charge in [-0.2, -0.15) is 5.10 Å². The number of hydrogen-bond donors (Lipinski definition) is 5. The highest BCUT2D eigenvalue weighted by Gasteiger charge is 2.53. The van der Waals surface area contributed by atoms with Crippen LogP contribution in [0.25, 0.3) is 28.4 Å². The number of carbonyl (C=O) groups excluding carboxylic acids is 5. The van der Waals surface area contributed by atoms with Crippen molar-refractivity contribution in [3.05, 3.63) is 118 Å². The Morgan fingerprint density at radius 2 is 1.47 bits per heavy atom. The van der Waals surface area contributed by atoms with Gasteiger partial charge in [0.1, 0.15) is 42.2 Å². The quantitative estimate of drug-likeness (QED) is 0.00954. The highest BCUT2D eigenvalue weighted by Crippen LogP contribution is 2.40. The second-order valence-electron chi connectivity index (χ2n) is 33.7. The third-order valence-corrected chi connectivity index (χ3v) is 24.6. The number of ether oxygens (including phenoxy) is 11. The molecular weight excluding hydrogens is 1570 g/mol. The first kappa shape index (κ1) is 96.3. The van der Waals surface area contributed by atoms with Gasteiger partial charge in [0.15, 0.2) is 18.0 Å². The number of allylic oxidation sites excluding steroid dienone is 6. The fourth-order valence-electron chi connectivity index (χ4n) is 17.2. The normalized spacial score (nSPS) is 28.8. The third kappa shape index (κ3) is 27.3. The zero-order valence-electron chi connectivity index (χ0n) is 73.2. The first-order chi connectivity index (χ1) is 58.9. The van der Waals surface area contributed by atoms with Crippen molar-refractivity contribution in [2.75, 3.05) is 126 Å². The lowest BCUT2D eigenvalue weighted by Crippen LogP contribution is -2.61. The Morgan fingerprint density at radius 1 is 0.746 bits per heavy atom. The number of nitrogens with two attached hydrogens (primary N) is 1. The number of nitrogen functional groups attached to an aromatic ring is 1. The fourth-order valence-corrected chi connectivity index (χ4v) is 17.2. The number of piperidine rings is 1. The molecule has 3 fully saturated rings. The summed E-state index contributed by atoms with van der Waals surface area (Å²) < 4.78 is 66.3. The van der Waals surface area contributed by atoms with Gasteiger partial charge in [-0.15, -0.1) is 0 Å².